The first-order valence-electron chi connectivity index (χ1n) is 10.3. The Bertz CT molecular complexity index is 1280. The maximum absolute atomic E-state index is 10.8. The summed E-state index contributed by atoms with van der Waals surface area (Å²) in [6.07, 6.45) is 4.19. The zero-order valence-corrected chi connectivity index (χ0v) is 18.0. The van der Waals surface area contributed by atoms with E-state index in [0.717, 1.165) is 11.3 Å². The van der Waals surface area contributed by atoms with Gasteiger partial charge in [-0.2, -0.15) is 10.2 Å². The summed E-state index contributed by atoms with van der Waals surface area (Å²) in [7, 11) is 2.07. The number of hydrogen-bond acceptors (Lipinski definition) is 6. The van der Waals surface area contributed by atoms with Crippen molar-refractivity contribution >= 4 is 28.8 Å². The maximum Gasteiger partial charge on any atom is 0.269 e. The number of nitro benzene ring substituents is 1. The van der Waals surface area contributed by atoms with Crippen LogP contribution in [0.15, 0.2) is 83.0 Å². The molecule has 0 radical (unpaired) electrons. The Hall–Kier alpha value is -4.00. The Morgan fingerprint density at radius 2 is 1.66 bits per heavy atom. The Morgan fingerprint density at radius 3 is 2.38 bits per heavy atom. The molecule has 3 aromatic carbocycles. The van der Waals surface area contributed by atoms with E-state index in [1.807, 2.05) is 24.3 Å². The lowest BCUT2D eigenvalue weighted by Gasteiger charge is -2.45. The lowest BCUT2D eigenvalue weighted by molar-refractivity contribution is -0.384. The van der Waals surface area contributed by atoms with Crippen molar-refractivity contribution in [2.24, 2.45) is 10.2 Å². The Balaban J connectivity index is 1.43. The summed E-state index contributed by atoms with van der Waals surface area (Å²) < 4.78 is 6.65. The number of nitro groups is 1. The van der Waals surface area contributed by atoms with E-state index in [1.165, 1.54) is 23.4 Å². The number of azo groups is 1. The number of ether oxygens (including phenoxy) is 1. The van der Waals surface area contributed by atoms with Crippen LogP contribution < -0.4 is 9.64 Å². The van der Waals surface area contributed by atoms with Crippen molar-refractivity contribution in [2.45, 2.75) is 25.0 Å². The fraction of sp³-hybridized carbons (Fsp3) is 0.200. The van der Waals surface area contributed by atoms with Crippen molar-refractivity contribution in [3.05, 3.63) is 94.0 Å². The minimum absolute atomic E-state index is 0.0240. The highest BCUT2D eigenvalue weighted by molar-refractivity contribution is 5.73. The van der Waals surface area contributed by atoms with Crippen molar-refractivity contribution in [1.29, 1.82) is 0 Å². The van der Waals surface area contributed by atoms with Crippen LogP contribution in [0.2, 0.25) is 0 Å². The summed E-state index contributed by atoms with van der Waals surface area (Å²) in [6, 6.07) is 20.1. The second-order valence-corrected chi connectivity index (χ2v) is 8.53. The third-order valence-corrected chi connectivity index (χ3v) is 6.42. The standard InChI is InChI=1S/C25H22N4O3/c1-24(2)21-6-4-5-7-22(21)28(3)25(24)15-14-17-16-19(10-13-23(17)32-25)27-26-18-8-11-20(12-9-18)29(30)31/h4-16H,1-3H3. The van der Waals surface area contributed by atoms with Gasteiger partial charge in [0, 0.05) is 30.4 Å². The molecule has 2 aliphatic heterocycles. The number of anilines is 1. The molecular weight excluding hydrogens is 404 g/mol. The predicted molar refractivity (Wildman–Crippen MR) is 124 cm³/mol. The van der Waals surface area contributed by atoms with E-state index in [0.29, 0.717) is 11.4 Å². The molecule has 0 amide bonds. The van der Waals surface area contributed by atoms with E-state index >= 15 is 0 Å². The molecule has 0 saturated carbocycles. The van der Waals surface area contributed by atoms with Crippen LogP contribution in [0.25, 0.3) is 6.08 Å². The normalized spacial score (nSPS) is 20.3. The third kappa shape index (κ3) is 2.89. The van der Waals surface area contributed by atoms with Crippen LogP contribution in [0.5, 0.6) is 5.75 Å². The molecule has 7 nitrogen and oxygen atoms in total. The number of nitrogens with zero attached hydrogens (tertiary/aromatic N) is 4. The molecule has 0 saturated heterocycles. The molecule has 32 heavy (non-hydrogen) atoms. The second kappa shape index (κ2) is 7.02. The molecule has 0 bridgehead atoms. The van der Waals surface area contributed by atoms with Gasteiger partial charge in [0.05, 0.1) is 21.7 Å². The second-order valence-electron chi connectivity index (χ2n) is 8.53. The fourth-order valence-electron chi connectivity index (χ4n) is 4.58. The van der Waals surface area contributed by atoms with Gasteiger partial charge in [0.2, 0.25) is 5.72 Å². The summed E-state index contributed by atoms with van der Waals surface area (Å²) in [5.74, 6) is 0.787. The minimum atomic E-state index is -0.620. The number of benzene rings is 3. The SMILES string of the molecule is CN1c2ccccc2C(C)(C)C12C=Cc1cc(N=Nc3ccc([N+](=O)[O-])cc3)ccc1O2. The van der Waals surface area contributed by atoms with E-state index in [1.54, 1.807) is 12.1 Å². The quantitative estimate of drug-likeness (QED) is 0.270. The smallest absolute Gasteiger partial charge is 0.269 e. The molecule has 0 fully saturated rings. The minimum Gasteiger partial charge on any atom is -0.463 e. The van der Waals surface area contributed by atoms with Gasteiger partial charge in [0.15, 0.2) is 0 Å². The average molecular weight is 426 g/mol. The molecule has 2 heterocycles. The zero-order valence-electron chi connectivity index (χ0n) is 18.0. The van der Waals surface area contributed by atoms with Crippen LogP contribution in [0.4, 0.5) is 22.7 Å². The van der Waals surface area contributed by atoms with Crippen molar-refractivity contribution in [2.75, 3.05) is 11.9 Å². The fourth-order valence-corrected chi connectivity index (χ4v) is 4.58. The first-order chi connectivity index (χ1) is 15.3. The molecule has 0 aromatic heterocycles. The number of fused-ring (bicyclic) bond motifs is 2. The Kier molecular flexibility index (Phi) is 4.37. The lowest BCUT2D eigenvalue weighted by Crippen LogP contribution is -2.58. The van der Waals surface area contributed by atoms with E-state index in [4.69, 9.17) is 4.74 Å². The molecule has 1 spiro atoms. The Morgan fingerprint density at radius 1 is 0.969 bits per heavy atom. The van der Waals surface area contributed by atoms with Gasteiger partial charge in [-0.05, 0) is 68.0 Å². The molecule has 2 aliphatic rings. The van der Waals surface area contributed by atoms with Gasteiger partial charge in [0.1, 0.15) is 5.75 Å². The Labute approximate surface area is 185 Å². The monoisotopic (exact) mass is 426 g/mol. The van der Waals surface area contributed by atoms with Crippen molar-refractivity contribution in [1.82, 2.24) is 0 Å². The molecule has 0 aliphatic carbocycles. The van der Waals surface area contributed by atoms with Crippen LogP contribution >= 0.6 is 0 Å². The van der Waals surface area contributed by atoms with Crippen molar-refractivity contribution in [3.63, 3.8) is 0 Å². The molecule has 0 N–H and O–H groups in total. The predicted octanol–water partition coefficient (Wildman–Crippen LogP) is 6.54. The summed E-state index contributed by atoms with van der Waals surface area (Å²) in [6.45, 7) is 4.41. The molecule has 160 valence electrons. The molecule has 1 unspecified atom stereocenters. The lowest BCUT2D eigenvalue weighted by atomic mass is 9.76. The van der Waals surface area contributed by atoms with Gasteiger partial charge in [-0.25, -0.2) is 0 Å². The molecule has 7 heteroatoms. The summed E-state index contributed by atoms with van der Waals surface area (Å²) in [5.41, 5.74) is 3.72. The molecule has 1 atom stereocenters. The summed E-state index contributed by atoms with van der Waals surface area (Å²) >= 11 is 0. The van der Waals surface area contributed by atoms with Gasteiger partial charge in [-0.15, -0.1) is 0 Å². The third-order valence-electron chi connectivity index (χ3n) is 6.42. The number of non-ortho nitro benzene ring substituents is 1. The van der Waals surface area contributed by atoms with E-state index in [2.05, 4.69) is 66.4 Å². The van der Waals surface area contributed by atoms with E-state index in [9.17, 15) is 10.1 Å². The van der Waals surface area contributed by atoms with E-state index < -0.39 is 10.6 Å². The summed E-state index contributed by atoms with van der Waals surface area (Å²) in [4.78, 5) is 12.5. The molecule has 5 rings (SSSR count). The number of likely N-dealkylation sites (N-methyl/N-ethyl adjacent to an activating group) is 1. The number of rotatable bonds is 3. The maximum atomic E-state index is 10.8. The van der Waals surface area contributed by atoms with Gasteiger partial charge < -0.3 is 9.64 Å². The zero-order chi connectivity index (χ0) is 22.5. The van der Waals surface area contributed by atoms with Crippen LogP contribution in [-0.2, 0) is 5.41 Å². The molecule has 3 aromatic rings. The largest absolute Gasteiger partial charge is 0.463 e. The summed E-state index contributed by atoms with van der Waals surface area (Å²) in [5, 5.41) is 19.2. The van der Waals surface area contributed by atoms with Gasteiger partial charge in [-0.3, -0.25) is 10.1 Å². The topological polar surface area (TPSA) is 80.3 Å². The van der Waals surface area contributed by atoms with E-state index in [-0.39, 0.29) is 11.1 Å². The average Bonchev–Trinajstić information content (AvgIpc) is 2.96. The highest BCUT2D eigenvalue weighted by Crippen LogP contribution is 2.54. The first-order valence-corrected chi connectivity index (χ1v) is 10.3. The van der Waals surface area contributed by atoms with Crippen molar-refractivity contribution < 1.29 is 9.66 Å². The number of hydrogen-bond donors (Lipinski definition) is 0. The van der Waals surface area contributed by atoms with Gasteiger partial charge >= 0.3 is 0 Å². The van der Waals surface area contributed by atoms with Crippen LogP contribution in [0.1, 0.15) is 25.0 Å². The van der Waals surface area contributed by atoms with Crippen molar-refractivity contribution in [3.8, 4) is 5.75 Å². The van der Waals surface area contributed by atoms with Crippen LogP contribution in [0.3, 0.4) is 0 Å². The highest BCUT2D eigenvalue weighted by Gasteiger charge is 2.57. The highest BCUT2D eigenvalue weighted by atomic mass is 16.6. The number of para-hydroxylation sites is 1. The van der Waals surface area contributed by atoms with Crippen LogP contribution in [0, 0.1) is 10.1 Å². The van der Waals surface area contributed by atoms with Gasteiger partial charge in [-0.1, -0.05) is 18.2 Å². The first kappa shape index (κ1) is 19.9. The van der Waals surface area contributed by atoms with Gasteiger partial charge in [0.25, 0.3) is 5.69 Å². The van der Waals surface area contributed by atoms with Crippen LogP contribution in [-0.4, -0.2) is 17.7 Å². The molecular formula is C25H22N4O3.